The van der Waals surface area contributed by atoms with Crippen molar-refractivity contribution in [3.63, 3.8) is 0 Å². The minimum atomic E-state index is 0.311. The lowest BCUT2D eigenvalue weighted by molar-refractivity contribution is 1.01. The number of halogens is 1. The maximum atomic E-state index is 5.75. The van der Waals surface area contributed by atoms with E-state index in [0.29, 0.717) is 5.92 Å². The zero-order valence-corrected chi connectivity index (χ0v) is 10.4. The quantitative estimate of drug-likeness (QED) is 0.651. The Kier molecular flexibility index (Phi) is 2.53. The maximum Gasteiger partial charge on any atom is 0.0246 e. The number of rotatable bonds is 1. The Hall–Kier alpha value is -1.53. The Morgan fingerprint density at radius 2 is 1.88 bits per heavy atom. The van der Waals surface area contributed by atoms with E-state index in [1.54, 1.807) is 5.54 Å². The Bertz CT molecular complexity index is 630. The van der Waals surface area contributed by atoms with E-state index in [2.05, 4.69) is 55.5 Å². The first-order valence-corrected chi connectivity index (χ1v) is 6.21. The van der Waals surface area contributed by atoms with Crippen LogP contribution in [0.25, 0.3) is 16.8 Å². The van der Waals surface area contributed by atoms with E-state index in [9.17, 15) is 0 Å². The van der Waals surface area contributed by atoms with Crippen molar-refractivity contribution >= 4 is 28.4 Å². The van der Waals surface area contributed by atoms with Crippen LogP contribution in [0.1, 0.15) is 24.0 Å². The van der Waals surface area contributed by atoms with Crippen LogP contribution in [0.5, 0.6) is 0 Å². The van der Waals surface area contributed by atoms with Gasteiger partial charge in [-0.1, -0.05) is 65.7 Å². The summed E-state index contributed by atoms with van der Waals surface area (Å²) in [4.78, 5) is 0. The molecule has 1 heteroatoms. The summed E-state index contributed by atoms with van der Waals surface area (Å²) in [6, 6.07) is 12.9. The number of hydrogen-bond acceptors (Lipinski definition) is 0. The molecule has 0 bridgehead atoms. The molecule has 17 heavy (non-hydrogen) atoms. The molecular weight excluding hydrogens is 228 g/mol. The van der Waals surface area contributed by atoms with Crippen molar-refractivity contribution in [1.82, 2.24) is 0 Å². The predicted molar refractivity (Wildman–Crippen MR) is 75.3 cm³/mol. The van der Waals surface area contributed by atoms with Crippen LogP contribution in [0.15, 0.2) is 53.6 Å². The van der Waals surface area contributed by atoms with Crippen molar-refractivity contribution in [3.05, 3.63) is 64.7 Å². The molecular formula is C16H13Cl. The summed E-state index contributed by atoms with van der Waals surface area (Å²) in [7, 11) is 0. The number of hydrogen-bond donors (Lipinski definition) is 0. The van der Waals surface area contributed by atoms with Gasteiger partial charge >= 0.3 is 0 Å². The molecule has 0 aliphatic heterocycles. The fraction of sp³-hybridized carbons (Fsp3) is 0.125. The van der Waals surface area contributed by atoms with Gasteiger partial charge in [-0.05, 0) is 28.8 Å². The van der Waals surface area contributed by atoms with Crippen molar-refractivity contribution in [2.24, 2.45) is 0 Å². The summed E-state index contributed by atoms with van der Waals surface area (Å²) in [6.07, 6.45) is 4.31. The van der Waals surface area contributed by atoms with Crippen molar-refractivity contribution in [3.8, 4) is 0 Å². The molecule has 0 heterocycles. The molecule has 0 amide bonds. The molecule has 2 aromatic rings. The number of allylic oxidation sites excluding steroid dienone is 2. The summed E-state index contributed by atoms with van der Waals surface area (Å²) in [5, 5.41) is 2.66. The van der Waals surface area contributed by atoms with Gasteiger partial charge in [0.2, 0.25) is 0 Å². The molecule has 0 N–H and O–H groups in total. The smallest absolute Gasteiger partial charge is 0.0246 e. The molecule has 3 rings (SSSR count). The van der Waals surface area contributed by atoms with E-state index in [1.165, 1.54) is 27.5 Å². The van der Waals surface area contributed by atoms with E-state index < -0.39 is 0 Å². The van der Waals surface area contributed by atoms with Gasteiger partial charge in [0.15, 0.2) is 0 Å². The predicted octanol–water partition coefficient (Wildman–Crippen LogP) is 5.09. The highest BCUT2D eigenvalue weighted by Gasteiger charge is 2.19. The minimum absolute atomic E-state index is 0.311. The lowest BCUT2D eigenvalue weighted by Crippen LogP contribution is -2.03. The van der Waals surface area contributed by atoms with Gasteiger partial charge in [0.05, 0.1) is 0 Å². The van der Waals surface area contributed by atoms with Gasteiger partial charge in [-0.2, -0.15) is 0 Å². The average molecular weight is 241 g/mol. The summed E-state index contributed by atoms with van der Waals surface area (Å²) < 4.78 is 0. The maximum absolute atomic E-state index is 5.75. The van der Waals surface area contributed by atoms with Crippen LogP contribution in [0.4, 0.5) is 0 Å². The zero-order valence-electron chi connectivity index (χ0n) is 9.65. The third-order valence-corrected chi connectivity index (χ3v) is 3.59. The van der Waals surface area contributed by atoms with E-state index in [1.807, 2.05) is 0 Å². The van der Waals surface area contributed by atoms with Gasteiger partial charge < -0.3 is 0 Å². The Labute approximate surface area is 106 Å². The fourth-order valence-corrected chi connectivity index (χ4v) is 2.83. The lowest BCUT2D eigenvalue weighted by atomic mass is 9.81. The summed E-state index contributed by atoms with van der Waals surface area (Å²) in [5.74, 6) is 0.311. The van der Waals surface area contributed by atoms with E-state index in [-0.39, 0.29) is 0 Å². The SMILES string of the molecule is CC1=Cc2cccc3cccc(c23)C1C=CCl. The highest BCUT2D eigenvalue weighted by molar-refractivity contribution is 6.25. The van der Waals surface area contributed by atoms with E-state index >= 15 is 0 Å². The van der Waals surface area contributed by atoms with Crippen LogP contribution < -0.4 is 0 Å². The first-order chi connectivity index (χ1) is 8.31. The monoisotopic (exact) mass is 240 g/mol. The van der Waals surface area contributed by atoms with Gasteiger partial charge in [0, 0.05) is 11.5 Å². The lowest BCUT2D eigenvalue weighted by Gasteiger charge is -2.22. The van der Waals surface area contributed by atoms with Gasteiger partial charge in [-0.25, -0.2) is 0 Å². The summed E-state index contributed by atoms with van der Waals surface area (Å²) >= 11 is 5.75. The Morgan fingerprint density at radius 3 is 2.65 bits per heavy atom. The molecule has 1 aliphatic carbocycles. The second-order valence-corrected chi connectivity index (χ2v) is 4.73. The second kappa shape index (κ2) is 4.05. The fourth-order valence-electron chi connectivity index (χ4n) is 2.69. The first kappa shape index (κ1) is 10.6. The molecule has 2 aromatic carbocycles. The molecule has 0 aromatic heterocycles. The topological polar surface area (TPSA) is 0 Å². The highest BCUT2D eigenvalue weighted by Crippen LogP contribution is 2.39. The van der Waals surface area contributed by atoms with Crippen LogP contribution in [0.3, 0.4) is 0 Å². The molecule has 1 atom stereocenters. The van der Waals surface area contributed by atoms with Crippen LogP contribution in [-0.2, 0) is 0 Å². The summed E-state index contributed by atoms with van der Waals surface area (Å²) in [5.41, 5.74) is 5.63. The molecule has 0 saturated carbocycles. The minimum Gasteiger partial charge on any atom is -0.0933 e. The van der Waals surface area contributed by atoms with Crippen LogP contribution in [0.2, 0.25) is 0 Å². The summed E-state index contributed by atoms with van der Waals surface area (Å²) in [6.45, 7) is 2.16. The zero-order chi connectivity index (χ0) is 11.8. The van der Waals surface area contributed by atoms with Crippen molar-refractivity contribution in [1.29, 1.82) is 0 Å². The first-order valence-electron chi connectivity index (χ1n) is 5.78. The molecule has 1 unspecified atom stereocenters. The largest absolute Gasteiger partial charge is 0.0933 e. The third kappa shape index (κ3) is 1.60. The Morgan fingerprint density at radius 1 is 1.12 bits per heavy atom. The molecule has 0 saturated heterocycles. The van der Waals surface area contributed by atoms with Crippen LogP contribution >= 0.6 is 11.6 Å². The van der Waals surface area contributed by atoms with Gasteiger partial charge in [0.25, 0.3) is 0 Å². The average Bonchev–Trinajstić information content (AvgIpc) is 2.34. The van der Waals surface area contributed by atoms with Crippen molar-refractivity contribution < 1.29 is 0 Å². The second-order valence-electron chi connectivity index (χ2n) is 4.48. The van der Waals surface area contributed by atoms with E-state index in [4.69, 9.17) is 11.6 Å². The van der Waals surface area contributed by atoms with Crippen molar-refractivity contribution in [2.75, 3.05) is 0 Å². The molecule has 0 spiro atoms. The van der Waals surface area contributed by atoms with E-state index in [0.717, 1.165) is 0 Å². The number of benzene rings is 2. The highest BCUT2D eigenvalue weighted by atomic mass is 35.5. The van der Waals surface area contributed by atoms with Crippen LogP contribution in [0, 0.1) is 0 Å². The molecule has 1 aliphatic rings. The normalized spacial score (nSPS) is 18.7. The van der Waals surface area contributed by atoms with Gasteiger partial charge in [0.1, 0.15) is 0 Å². The Balaban J connectivity index is 2.39. The molecule has 0 nitrogen and oxygen atoms in total. The van der Waals surface area contributed by atoms with Crippen molar-refractivity contribution in [2.45, 2.75) is 12.8 Å². The standard InChI is InChI=1S/C16H13Cl/c1-11-10-13-6-2-4-12-5-3-7-15(16(12)13)14(11)8-9-17/h2-10,14H,1H3. The van der Waals surface area contributed by atoms with Gasteiger partial charge in [-0.15, -0.1) is 0 Å². The molecule has 0 fully saturated rings. The van der Waals surface area contributed by atoms with Gasteiger partial charge in [-0.3, -0.25) is 0 Å². The van der Waals surface area contributed by atoms with Crippen LogP contribution in [-0.4, -0.2) is 0 Å². The molecule has 0 radical (unpaired) electrons. The molecule has 84 valence electrons. The third-order valence-electron chi connectivity index (χ3n) is 3.44.